The average Bonchev–Trinajstić information content (AvgIpc) is 2.66. The molecule has 0 aromatic heterocycles. The van der Waals surface area contributed by atoms with Gasteiger partial charge in [0.1, 0.15) is 5.84 Å². The highest BCUT2D eigenvalue weighted by Crippen LogP contribution is 2.34. The molecule has 6 nitrogen and oxygen atoms in total. The fourth-order valence-corrected chi connectivity index (χ4v) is 2.75. The summed E-state index contributed by atoms with van der Waals surface area (Å²) in [5.74, 6) is -1.51. The van der Waals surface area contributed by atoms with Crippen LogP contribution in [0.1, 0.15) is 32.1 Å². The van der Waals surface area contributed by atoms with Crippen LogP contribution in [0.3, 0.4) is 0 Å². The fourth-order valence-electron chi connectivity index (χ4n) is 2.75. The molecule has 3 aliphatic rings. The predicted molar refractivity (Wildman–Crippen MR) is 66.1 cm³/mol. The van der Waals surface area contributed by atoms with Gasteiger partial charge < -0.3 is 9.47 Å². The second-order valence-corrected chi connectivity index (χ2v) is 4.90. The maximum atomic E-state index is 11.7. The van der Waals surface area contributed by atoms with Gasteiger partial charge in [-0.1, -0.05) is 0 Å². The van der Waals surface area contributed by atoms with E-state index < -0.39 is 17.8 Å². The van der Waals surface area contributed by atoms with Gasteiger partial charge in [-0.05, 0) is 19.3 Å². The lowest BCUT2D eigenvalue weighted by atomic mass is 10.2. The quantitative estimate of drug-likeness (QED) is 0.610. The van der Waals surface area contributed by atoms with Crippen LogP contribution in [0, 0.1) is 0 Å². The van der Waals surface area contributed by atoms with E-state index in [2.05, 4.69) is 4.99 Å². The van der Waals surface area contributed by atoms with Crippen LogP contribution >= 0.6 is 0 Å². The number of nitrogens with zero attached hydrogens (tertiary/aromatic N) is 2. The highest BCUT2D eigenvalue weighted by molar-refractivity contribution is 5.94. The molecule has 0 unspecified atom stereocenters. The molecule has 1 fully saturated rings. The number of aliphatic imine (C=N–C) groups is 1. The zero-order valence-electron chi connectivity index (χ0n) is 10.6. The third-order valence-corrected chi connectivity index (χ3v) is 3.58. The molecule has 0 aliphatic carbocycles. The van der Waals surface area contributed by atoms with Gasteiger partial charge in [0.2, 0.25) is 0 Å². The maximum Gasteiger partial charge on any atom is 0.343 e. The number of fused-ring (bicyclic) bond motifs is 2. The molecule has 3 heterocycles. The van der Waals surface area contributed by atoms with Crippen molar-refractivity contribution in [2.45, 2.75) is 38.0 Å². The summed E-state index contributed by atoms with van der Waals surface area (Å²) in [5.41, 5.74) is 0. The molecule has 102 valence electrons. The molecule has 0 N–H and O–H groups in total. The smallest absolute Gasteiger partial charge is 0.343 e. The van der Waals surface area contributed by atoms with E-state index in [0.717, 1.165) is 50.2 Å². The number of rotatable bonds is 0. The van der Waals surface area contributed by atoms with E-state index in [9.17, 15) is 9.59 Å². The normalized spacial score (nSPS) is 25.9. The van der Waals surface area contributed by atoms with Crippen molar-refractivity contribution in [1.29, 1.82) is 0 Å². The van der Waals surface area contributed by atoms with Gasteiger partial charge in [-0.2, -0.15) is 0 Å². The van der Waals surface area contributed by atoms with Crippen LogP contribution in [0.15, 0.2) is 17.1 Å². The highest BCUT2D eigenvalue weighted by atomic mass is 16.8. The second kappa shape index (κ2) is 4.68. The van der Waals surface area contributed by atoms with E-state index in [4.69, 9.17) is 9.47 Å². The van der Waals surface area contributed by atoms with Crippen molar-refractivity contribution in [2.24, 2.45) is 4.99 Å². The molecule has 0 aromatic carbocycles. The lowest BCUT2D eigenvalue weighted by Gasteiger charge is -2.42. The van der Waals surface area contributed by atoms with Gasteiger partial charge in [-0.25, -0.2) is 9.59 Å². The molecule has 0 bridgehead atoms. The summed E-state index contributed by atoms with van der Waals surface area (Å²) in [6, 6.07) is 0. The summed E-state index contributed by atoms with van der Waals surface area (Å²) in [6.45, 7) is 1.47. The zero-order chi connectivity index (χ0) is 13.3. The number of carbonyl (C=O) groups is 2. The van der Waals surface area contributed by atoms with Crippen LogP contribution in [-0.4, -0.2) is 41.7 Å². The molecule has 0 amide bonds. The van der Waals surface area contributed by atoms with Crippen molar-refractivity contribution in [1.82, 2.24) is 4.90 Å². The van der Waals surface area contributed by atoms with Gasteiger partial charge in [0.25, 0.3) is 0 Å². The Morgan fingerprint density at radius 2 is 1.84 bits per heavy atom. The fraction of sp³-hybridized carbons (Fsp3) is 0.615. The minimum atomic E-state index is -1.30. The Morgan fingerprint density at radius 1 is 1.11 bits per heavy atom. The molecule has 6 heteroatoms. The van der Waals surface area contributed by atoms with Crippen LogP contribution < -0.4 is 0 Å². The van der Waals surface area contributed by atoms with Gasteiger partial charge in [0.15, 0.2) is 0 Å². The van der Waals surface area contributed by atoms with Crippen molar-refractivity contribution < 1.29 is 19.1 Å². The molecule has 19 heavy (non-hydrogen) atoms. The number of amidine groups is 1. The van der Waals surface area contributed by atoms with Gasteiger partial charge in [-0.3, -0.25) is 9.89 Å². The standard InChI is InChI=1S/C13H16N2O4/c16-11-5-6-12(17)19-13(18-11)7-2-1-4-10-14-8-3-9-15(10)13/h5-6H,1-4,7-9H2. The Morgan fingerprint density at radius 3 is 2.58 bits per heavy atom. The van der Waals surface area contributed by atoms with Crippen LogP contribution in [0.25, 0.3) is 0 Å². The first kappa shape index (κ1) is 12.2. The predicted octanol–water partition coefficient (Wildman–Crippen LogP) is 0.975. The molecule has 3 aliphatic heterocycles. The molecule has 1 spiro atoms. The van der Waals surface area contributed by atoms with Crippen molar-refractivity contribution in [3.05, 3.63) is 12.2 Å². The minimum Gasteiger partial charge on any atom is -0.400 e. The summed E-state index contributed by atoms with van der Waals surface area (Å²) in [7, 11) is 0. The number of ether oxygens (including phenoxy) is 2. The lowest BCUT2D eigenvalue weighted by Crippen LogP contribution is -2.57. The Kier molecular flexibility index (Phi) is 3.00. The van der Waals surface area contributed by atoms with Crippen LogP contribution in [-0.2, 0) is 19.1 Å². The van der Waals surface area contributed by atoms with Gasteiger partial charge in [-0.15, -0.1) is 0 Å². The molecule has 3 rings (SSSR count). The van der Waals surface area contributed by atoms with Crippen molar-refractivity contribution in [3.8, 4) is 0 Å². The van der Waals surface area contributed by atoms with E-state index in [1.54, 1.807) is 0 Å². The maximum absolute atomic E-state index is 11.7. The summed E-state index contributed by atoms with van der Waals surface area (Å²) in [4.78, 5) is 29.7. The Balaban J connectivity index is 1.99. The summed E-state index contributed by atoms with van der Waals surface area (Å²) < 4.78 is 10.9. The molecule has 0 saturated carbocycles. The summed E-state index contributed by atoms with van der Waals surface area (Å²) in [6.07, 6.45) is 6.21. The van der Waals surface area contributed by atoms with Crippen LogP contribution in [0.4, 0.5) is 0 Å². The van der Waals surface area contributed by atoms with Gasteiger partial charge >= 0.3 is 17.8 Å². The molecule has 0 atom stereocenters. The molecular formula is C13H16N2O4. The topological polar surface area (TPSA) is 68.2 Å². The van der Waals surface area contributed by atoms with Crippen molar-refractivity contribution in [2.75, 3.05) is 13.1 Å². The molecule has 0 radical (unpaired) electrons. The zero-order valence-corrected chi connectivity index (χ0v) is 10.6. The van der Waals surface area contributed by atoms with Gasteiger partial charge in [0.05, 0.1) is 0 Å². The average molecular weight is 264 g/mol. The van der Waals surface area contributed by atoms with E-state index in [-0.39, 0.29) is 0 Å². The number of hydrogen-bond donors (Lipinski definition) is 0. The minimum absolute atomic E-state index is 0.491. The van der Waals surface area contributed by atoms with Crippen LogP contribution in [0.5, 0.6) is 0 Å². The van der Waals surface area contributed by atoms with Crippen molar-refractivity contribution in [3.63, 3.8) is 0 Å². The highest BCUT2D eigenvalue weighted by Gasteiger charge is 2.48. The van der Waals surface area contributed by atoms with E-state index in [1.807, 2.05) is 4.90 Å². The number of carbonyl (C=O) groups excluding carboxylic acids is 2. The number of hydrogen-bond acceptors (Lipinski definition) is 6. The second-order valence-electron chi connectivity index (χ2n) is 4.90. The van der Waals surface area contributed by atoms with E-state index >= 15 is 0 Å². The van der Waals surface area contributed by atoms with E-state index in [1.165, 1.54) is 0 Å². The molecule has 1 saturated heterocycles. The first-order valence-electron chi connectivity index (χ1n) is 6.65. The Bertz CT molecular complexity index is 449. The van der Waals surface area contributed by atoms with E-state index in [0.29, 0.717) is 13.0 Å². The monoisotopic (exact) mass is 264 g/mol. The number of esters is 2. The van der Waals surface area contributed by atoms with Crippen molar-refractivity contribution >= 4 is 17.8 Å². The molecular weight excluding hydrogens is 248 g/mol. The first-order chi connectivity index (χ1) is 9.20. The first-order valence-corrected chi connectivity index (χ1v) is 6.65. The lowest BCUT2D eigenvalue weighted by molar-refractivity contribution is -0.268. The largest absolute Gasteiger partial charge is 0.400 e. The van der Waals surface area contributed by atoms with Crippen LogP contribution in [0.2, 0.25) is 0 Å². The SMILES string of the molecule is O=C1C=CC(=O)OC2(CCCCC3=NCCCN32)O1. The summed E-state index contributed by atoms with van der Waals surface area (Å²) >= 11 is 0. The third-order valence-electron chi connectivity index (χ3n) is 3.58. The third kappa shape index (κ3) is 2.22. The van der Waals surface area contributed by atoms with Gasteiger partial charge in [0, 0.05) is 38.1 Å². The molecule has 0 aromatic rings. The summed E-state index contributed by atoms with van der Waals surface area (Å²) in [5, 5.41) is 0. The Hall–Kier alpha value is -1.85. The Labute approximate surface area is 111 Å².